The van der Waals surface area contributed by atoms with Gasteiger partial charge >= 0.3 is 7.94 Å². The maximum atomic E-state index is 8.91. The summed E-state index contributed by atoms with van der Waals surface area (Å²) in [7, 11) is -3.83. The van der Waals surface area contributed by atoms with Gasteiger partial charge in [0.05, 0.1) is 0 Å². The van der Waals surface area contributed by atoms with Gasteiger partial charge in [-0.2, -0.15) is 14.7 Å². The van der Waals surface area contributed by atoms with Crippen LogP contribution in [-0.2, 0) is 6.42 Å². The Labute approximate surface area is 77.6 Å². The first-order valence-corrected chi connectivity index (χ1v) is 5.46. The molecule has 1 rings (SSSR count). The molecule has 0 fully saturated rings. The minimum Gasteiger partial charge on any atom is -0.189 e. The van der Waals surface area contributed by atoms with Crippen LogP contribution in [0.4, 0.5) is 0 Å². The van der Waals surface area contributed by atoms with Crippen LogP contribution >= 0.6 is 7.94 Å². The average Bonchev–Trinajstić information content (AvgIpc) is 2.04. The molecule has 0 aliphatic rings. The highest BCUT2D eigenvalue weighted by molar-refractivity contribution is 7.66. The molecule has 0 unspecified atom stereocenters. The smallest absolute Gasteiger partial charge is 0.189 e. The zero-order valence-electron chi connectivity index (χ0n) is 7.09. The summed E-state index contributed by atoms with van der Waals surface area (Å²) in [6.45, 7) is 3.59. The Morgan fingerprint density at radius 3 is 2.08 bits per heavy atom. The third kappa shape index (κ3) is 2.90. The van der Waals surface area contributed by atoms with Crippen LogP contribution in [0.3, 0.4) is 0 Å². The molecule has 0 radical (unpaired) electrons. The second kappa shape index (κ2) is 3.99. The van der Waals surface area contributed by atoms with Crippen LogP contribution in [0.1, 0.15) is 5.56 Å². The predicted molar refractivity (Wildman–Crippen MR) is 53.6 cm³/mol. The molecule has 0 spiro atoms. The van der Waals surface area contributed by atoms with Gasteiger partial charge in [-0.25, -0.2) is 0 Å². The van der Waals surface area contributed by atoms with Crippen molar-refractivity contribution in [2.75, 3.05) is 0 Å². The van der Waals surface area contributed by atoms with Gasteiger partial charge < -0.3 is 0 Å². The Bertz CT molecular complexity index is 287. The van der Waals surface area contributed by atoms with Crippen LogP contribution in [0, 0.1) is 0 Å². The van der Waals surface area contributed by atoms with Crippen molar-refractivity contribution in [2.24, 2.45) is 0 Å². The number of benzene rings is 1. The van der Waals surface area contributed by atoms with Gasteiger partial charge in [-0.3, -0.25) is 0 Å². The van der Waals surface area contributed by atoms with Crippen molar-refractivity contribution in [3.05, 3.63) is 42.5 Å². The van der Waals surface area contributed by atoms with E-state index >= 15 is 0 Å². The minimum atomic E-state index is -3.83. The largest absolute Gasteiger partial charge is 0.440 e. The van der Waals surface area contributed by atoms with E-state index < -0.39 is 7.94 Å². The van der Waals surface area contributed by atoms with Gasteiger partial charge in [0.25, 0.3) is 0 Å². The highest BCUT2D eigenvalue weighted by Gasteiger charge is 2.33. The van der Waals surface area contributed by atoms with Crippen molar-refractivity contribution in [1.82, 2.24) is 0 Å². The quantitative estimate of drug-likeness (QED) is 0.498. The van der Waals surface area contributed by atoms with E-state index in [4.69, 9.17) is 14.7 Å². The standard InChI is InChI=1S/C9H12O3P/c1-2-3-8-4-6-9(7-5-8)13(10,11)12/h2,4-7,10-12H,1,3H2/q+1. The topological polar surface area (TPSA) is 60.7 Å². The summed E-state index contributed by atoms with van der Waals surface area (Å²) in [5, 5.41) is 0.167. The first-order valence-electron chi connectivity index (χ1n) is 3.82. The van der Waals surface area contributed by atoms with Crippen LogP contribution in [0.25, 0.3) is 0 Å². The van der Waals surface area contributed by atoms with Crippen LogP contribution in [0.5, 0.6) is 0 Å². The maximum Gasteiger partial charge on any atom is 0.440 e. The van der Waals surface area contributed by atoms with Crippen molar-refractivity contribution in [3.8, 4) is 0 Å². The number of hydrogen-bond donors (Lipinski definition) is 3. The highest BCUT2D eigenvalue weighted by atomic mass is 31.2. The van der Waals surface area contributed by atoms with E-state index in [0.717, 1.165) is 12.0 Å². The molecule has 3 N–H and O–H groups in total. The van der Waals surface area contributed by atoms with E-state index in [1.165, 1.54) is 12.1 Å². The minimum absolute atomic E-state index is 0.167. The summed E-state index contributed by atoms with van der Waals surface area (Å²) in [5.74, 6) is 0. The normalized spacial score (nSPS) is 11.3. The summed E-state index contributed by atoms with van der Waals surface area (Å²) in [5.41, 5.74) is 1.02. The Morgan fingerprint density at radius 2 is 1.69 bits per heavy atom. The lowest BCUT2D eigenvalue weighted by Gasteiger charge is -2.03. The van der Waals surface area contributed by atoms with Crippen LogP contribution in [0.15, 0.2) is 36.9 Å². The molecule has 0 aromatic heterocycles. The molecule has 70 valence electrons. The van der Waals surface area contributed by atoms with Crippen molar-refractivity contribution in [2.45, 2.75) is 6.42 Å². The Hall–Kier alpha value is -0.730. The number of hydrogen-bond acceptors (Lipinski definition) is 3. The van der Waals surface area contributed by atoms with Gasteiger partial charge in [-0.15, -0.1) is 6.58 Å². The molecule has 0 saturated carbocycles. The lowest BCUT2D eigenvalue weighted by molar-refractivity contribution is 0.347. The second-order valence-electron chi connectivity index (χ2n) is 2.73. The van der Waals surface area contributed by atoms with Gasteiger partial charge in [0.2, 0.25) is 0 Å². The van der Waals surface area contributed by atoms with E-state index in [1.807, 2.05) is 0 Å². The molecule has 1 aromatic rings. The summed E-state index contributed by atoms with van der Waals surface area (Å²) >= 11 is 0. The van der Waals surface area contributed by atoms with Gasteiger partial charge in [0.15, 0.2) is 5.30 Å². The molecule has 3 nitrogen and oxygen atoms in total. The molecule has 0 saturated heterocycles. The fraction of sp³-hybridized carbons (Fsp3) is 0.111. The summed E-state index contributed by atoms with van der Waals surface area (Å²) < 4.78 is 0. The molecule has 4 heteroatoms. The van der Waals surface area contributed by atoms with Crippen molar-refractivity contribution in [1.29, 1.82) is 0 Å². The Morgan fingerprint density at radius 1 is 1.15 bits per heavy atom. The average molecular weight is 199 g/mol. The molecular formula is C9H12O3P+. The van der Waals surface area contributed by atoms with Crippen LogP contribution in [-0.4, -0.2) is 14.7 Å². The van der Waals surface area contributed by atoms with E-state index in [9.17, 15) is 0 Å². The molecular weight excluding hydrogens is 187 g/mol. The maximum absolute atomic E-state index is 8.91. The summed E-state index contributed by atoms with van der Waals surface area (Å²) in [6.07, 6.45) is 2.49. The SMILES string of the molecule is C=CCc1ccc([P+](O)(O)O)cc1. The molecule has 0 aliphatic heterocycles. The van der Waals surface area contributed by atoms with E-state index in [2.05, 4.69) is 6.58 Å². The van der Waals surface area contributed by atoms with Gasteiger partial charge in [-0.1, -0.05) is 18.2 Å². The predicted octanol–water partition coefficient (Wildman–Crippen LogP) is 0.780. The third-order valence-corrected chi connectivity index (χ3v) is 2.65. The van der Waals surface area contributed by atoms with Crippen LogP contribution < -0.4 is 5.30 Å². The number of allylic oxidation sites excluding steroid dienone is 1. The molecule has 13 heavy (non-hydrogen) atoms. The summed E-state index contributed by atoms with van der Waals surface area (Å²) in [4.78, 5) is 26.7. The zero-order valence-corrected chi connectivity index (χ0v) is 7.98. The van der Waals surface area contributed by atoms with Crippen LogP contribution in [0.2, 0.25) is 0 Å². The lowest BCUT2D eigenvalue weighted by Crippen LogP contribution is -2.08. The zero-order chi connectivity index (χ0) is 9.90. The first kappa shape index (κ1) is 10.4. The molecule has 0 amide bonds. The highest BCUT2D eigenvalue weighted by Crippen LogP contribution is 2.42. The lowest BCUT2D eigenvalue weighted by atomic mass is 10.2. The molecule has 0 bridgehead atoms. The second-order valence-corrected chi connectivity index (χ2v) is 4.38. The first-order chi connectivity index (χ1) is 6.04. The fourth-order valence-electron chi connectivity index (χ4n) is 0.999. The van der Waals surface area contributed by atoms with E-state index in [0.29, 0.717) is 0 Å². The monoisotopic (exact) mass is 199 g/mol. The van der Waals surface area contributed by atoms with Crippen molar-refractivity contribution >= 4 is 13.2 Å². The number of rotatable bonds is 3. The van der Waals surface area contributed by atoms with Crippen molar-refractivity contribution < 1.29 is 14.7 Å². The van der Waals surface area contributed by atoms with Gasteiger partial charge in [0, 0.05) is 0 Å². The van der Waals surface area contributed by atoms with E-state index in [-0.39, 0.29) is 5.30 Å². The Balaban J connectivity index is 2.87. The molecule has 0 aliphatic carbocycles. The molecule has 0 atom stereocenters. The van der Waals surface area contributed by atoms with E-state index in [1.54, 1.807) is 18.2 Å². The molecule has 1 aromatic carbocycles. The molecule has 0 heterocycles. The summed E-state index contributed by atoms with van der Waals surface area (Å²) in [6, 6.07) is 6.47. The fourth-order valence-corrected chi connectivity index (χ4v) is 1.55. The third-order valence-electron chi connectivity index (χ3n) is 1.66. The van der Waals surface area contributed by atoms with Gasteiger partial charge in [0.1, 0.15) is 0 Å². The Kier molecular flexibility index (Phi) is 3.17. The van der Waals surface area contributed by atoms with Gasteiger partial charge in [-0.05, 0) is 24.1 Å². The van der Waals surface area contributed by atoms with Crippen molar-refractivity contribution in [3.63, 3.8) is 0 Å².